The average molecular weight is 320 g/mol. The molecule has 0 amide bonds. The Morgan fingerprint density at radius 2 is 2.12 bits per heavy atom. The summed E-state index contributed by atoms with van der Waals surface area (Å²) < 4.78 is 17.5. The van der Waals surface area contributed by atoms with E-state index < -0.39 is 0 Å². The van der Waals surface area contributed by atoms with Crippen molar-refractivity contribution in [3.8, 4) is 0 Å². The molecule has 1 aromatic heterocycles. The second-order valence-corrected chi connectivity index (χ2v) is 4.19. The molecule has 2 rings (SSSR count). The Balaban J connectivity index is 0.00000144. The fraction of sp³-hybridized carbons (Fsp3) is 0.250. The highest BCUT2D eigenvalue weighted by Crippen LogP contribution is 2.20. The molecule has 0 saturated heterocycles. The summed E-state index contributed by atoms with van der Waals surface area (Å²) in [6.07, 6.45) is 3.85. The van der Waals surface area contributed by atoms with Crippen LogP contribution >= 0.6 is 11.6 Å². The van der Waals surface area contributed by atoms with Gasteiger partial charge in [-0.05, 0) is 12.1 Å². The molecule has 5 heteroatoms. The van der Waals surface area contributed by atoms with Crippen molar-refractivity contribution in [2.75, 3.05) is 0 Å². The number of imidazole rings is 1. The van der Waals surface area contributed by atoms with Gasteiger partial charge >= 0.3 is 0 Å². The number of hydrogen-bond acceptors (Lipinski definition) is 0. The van der Waals surface area contributed by atoms with Crippen molar-refractivity contribution in [2.24, 2.45) is 7.05 Å². The van der Waals surface area contributed by atoms with E-state index in [-0.39, 0.29) is 22.8 Å². The minimum atomic E-state index is -0.261. The van der Waals surface area contributed by atoms with Gasteiger partial charge in [0, 0.05) is 12.5 Å². The molecule has 0 atom stereocenters. The molecule has 0 unspecified atom stereocenters. The van der Waals surface area contributed by atoms with Gasteiger partial charge in [-0.2, -0.15) is 0 Å². The summed E-state index contributed by atoms with van der Waals surface area (Å²) in [7, 11) is 1.95. The number of halogens is 3. The van der Waals surface area contributed by atoms with Gasteiger partial charge in [0.2, 0.25) is 0 Å². The predicted molar refractivity (Wildman–Crippen MR) is 60.9 cm³/mol. The van der Waals surface area contributed by atoms with Crippen LogP contribution in [0.15, 0.2) is 30.6 Å². The smallest absolute Gasteiger partial charge is 0.253 e. The molecule has 92 valence electrons. The van der Waals surface area contributed by atoms with Gasteiger partial charge in [-0.1, -0.05) is 17.7 Å². The minimum absolute atomic E-state index is 0. The van der Waals surface area contributed by atoms with Crippen LogP contribution in [-0.2, 0) is 13.6 Å². The van der Waals surface area contributed by atoms with E-state index in [1.807, 2.05) is 35.5 Å². The van der Waals surface area contributed by atoms with Crippen LogP contribution in [0.1, 0.15) is 11.4 Å². The predicted octanol–water partition coefficient (Wildman–Crippen LogP) is -0.534. The summed E-state index contributed by atoms with van der Waals surface area (Å²) in [4.78, 5) is 0. The molecule has 0 bridgehead atoms. The van der Waals surface area contributed by atoms with Crippen molar-refractivity contribution < 1.29 is 25.9 Å². The fourth-order valence-corrected chi connectivity index (χ4v) is 1.84. The van der Waals surface area contributed by atoms with Crippen LogP contribution in [0.25, 0.3) is 0 Å². The van der Waals surface area contributed by atoms with Crippen LogP contribution in [-0.4, -0.2) is 4.57 Å². The third-order valence-corrected chi connectivity index (χ3v) is 3.14. The number of aromatic nitrogens is 2. The first-order chi connectivity index (χ1) is 7.59. The minimum Gasteiger partial charge on any atom is -1.00 e. The molecule has 0 radical (unpaired) electrons. The van der Waals surface area contributed by atoms with Gasteiger partial charge in [0.05, 0.1) is 12.1 Å². The highest BCUT2D eigenvalue weighted by molar-refractivity contribution is 6.31. The van der Waals surface area contributed by atoms with E-state index >= 15 is 0 Å². The normalized spacial score (nSPS) is 10.1. The third-order valence-electron chi connectivity index (χ3n) is 2.79. The van der Waals surface area contributed by atoms with Gasteiger partial charge < -0.3 is 17.0 Å². The van der Waals surface area contributed by atoms with E-state index in [1.54, 1.807) is 12.1 Å². The maximum absolute atomic E-state index is 13.6. The molecule has 2 aromatic rings. The molecule has 0 saturated carbocycles. The zero-order valence-corrected chi connectivity index (χ0v) is 12.0. The lowest BCUT2D eigenvalue weighted by Crippen LogP contribution is -3.00. The molecule has 0 N–H and O–H groups in total. The van der Waals surface area contributed by atoms with Gasteiger partial charge in [0.1, 0.15) is 24.8 Å². The van der Waals surface area contributed by atoms with Crippen molar-refractivity contribution in [3.05, 3.63) is 52.8 Å². The molecule has 1 heterocycles. The van der Waals surface area contributed by atoms with E-state index in [4.69, 9.17) is 11.6 Å². The van der Waals surface area contributed by atoms with Crippen LogP contribution in [0.5, 0.6) is 0 Å². The summed E-state index contributed by atoms with van der Waals surface area (Å²) >= 11 is 5.98. The molecule has 0 spiro atoms. The summed E-state index contributed by atoms with van der Waals surface area (Å²) in [6.45, 7) is 2.44. The number of aryl methyl sites for hydroxylation is 1. The number of hydrogen-bond donors (Lipinski definition) is 0. The van der Waals surface area contributed by atoms with Crippen LogP contribution in [0.3, 0.4) is 0 Å². The van der Waals surface area contributed by atoms with E-state index in [0.717, 1.165) is 5.82 Å². The summed E-state index contributed by atoms with van der Waals surface area (Å²) in [5.41, 5.74) is 0.531. The van der Waals surface area contributed by atoms with Gasteiger partial charge in [-0.25, -0.2) is 13.5 Å². The Hall–Kier alpha value is -0.870. The Kier molecular flexibility index (Phi) is 4.71. The van der Waals surface area contributed by atoms with Crippen LogP contribution in [0.2, 0.25) is 5.02 Å². The first-order valence-electron chi connectivity index (χ1n) is 5.04. The van der Waals surface area contributed by atoms with E-state index in [0.29, 0.717) is 17.1 Å². The topological polar surface area (TPSA) is 8.81 Å². The van der Waals surface area contributed by atoms with Gasteiger partial charge in [-0.15, -0.1) is 0 Å². The molecule has 0 aliphatic heterocycles. The lowest BCUT2D eigenvalue weighted by atomic mass is 10.2. The monoisotopic (exact) mass is 318 g/mol. The first kappa shape index (κ1) is 14.2. The standard InChI is InChI=1S/C12H13ClFN2.BrH/c1-9-15(2)6-7-16(9)8-10-11(13)4-3-5-12(10)14;/h3-7H,8H2,1-2H3;1H/q+1;/p-1. The molecule has 17 heavy (non-hydrogen) atoms. The maximum atomic E-state index is 13.6. The van der Waals surface area contributed by atoms with Crippen molar-refractivity contribution in [1.29, 1.82) is 0 Å². The second-order valence-electron chi connectivity index (χ2n) is 3.78. The van der Waals surface area contributed by atoms with Gasteiger partial charge in [-0.3, -0.25) is 0 Å². The molecular formula is C12H13BrClFN2. The highest BCUT2D eigenvalue weighted by atomic mass is 79.9. The Morgan fingerprint density at radius 3 is 2.65 bits per heavy atom. The van der Waals surface area contributed by atoms with Crippen LogP contribution < -0.4 is 21.5 Å². The van der Waals surface area contributed by atoms with Crippen LogP contribution in [0.4, 0.5) is 4.39 Å². The van der Waals surface area contributed by atoms with Crippen molar-refractivity contribution in [3.63, 3.8) is 0 Å². The largest absolute Gasteiger partial charge is 1.00 e. The Labute approximate surface area is 115 Å². The fourth-order valence-electron chi connectivity index (χ4n) is 1.62. The maximum Gasteiger partial charge on any atom is 0.253 e. The summed E-state index contributed by atoms with van der Waals surface area (Å²) in [6, 6.07) is 4.75. The average Bonchev–Trinajstić information content (AvgIpc) is 2.55. The van der Waals surface area contributed by atoms with Gasteiger partial charge in [0.25, 0.3) is 5.82 Å². The molecule has 0 aliphatic rings. The lowest BCUT2D eigenvalue weighted by Gasteiger charge is -2.04. The first-order valence-corrected chi connectivity index (χ1v) is 5.41. The molecule has 2 nitrogen and oxygen atoms in total. The molecule has 0 fully saturated rings. The van der Waals surface area contributed by atoms with Crippen molar-refractivity contribution in [2.45, 2.75) is 13.5 Å². The highest BCUT2D eigenvalue weighted by Gasteiger charge is 2.14. The molecule has 0 aliphatic carbocycles. The second kappa shape index (κ2) is 5.65. The van der Waals surface area contributed by atoms with E-state index in [2.05, 4.69) is 0 Å². The Bertz CT molecular complexity index is 505. The quantitative estimate of drug-likeness (QED) is 0.658. The van der Waals surface area contributed by atoms with E-state index in [1.165, 1.54) is 6.07 Å². The molecular weight excluding hydrogens is 307 g/mol. The zero-order valence-electron chi connectivity index (χ0n) is 9.62. The molecule has 1 aromatic carbocycles. The number of benzene rings is 1. The van der Waals surface area contributed by atoms with E-state index in [9.17, 15) is 4.39 Å². The van der Waals surface area contributed by atoms with Gasteiger partial charge in [0.15, 0.2) is 0 Å². The number of rotatable bonds is 2. The van der Waals surface area contributed by atoms with Crippen LogP contribution in [0, 0.1) is 12.7 Å². The van der Waals surface area contributed by atoms with Crippen molar-refractivity contribution >= 4 is 11.6 Å². The summed E-state index contributed by atoms with van der Waals surface area (Å²) in [5.74, 6) is 0.794. The third kappa shape index (κ3) is 2.87. The van der Waals surface area contributed by atoms with Crippen molar-refractivity contribution in [1.82, 2.24) is 4.57 Å². The summed E-state index contributed by atoms with van der Waals surface area (Å²) in [5, 5.41) is 0.468. The number of nitrogens with zero attached hydrogens (tertiary/aromatic N) is 2. The lowest BCUT2D eigenvalue weighted by molar-refractivity contribution is -0.677. The zero-order chi connectivity index (χ0) is 11.7. The Morgan fingerprint density at radius 1 is 1.41 bits per heavy atom. The SMILES string of the molecule is Cc1n(Cc2c(F)cccc2Cl)cc[n+]1C.[Br-].